The van der Waals surface area contributed by atoms with Crippen LogP contribution in [0.1, 0.15) is 25.3 Å². The molecule has 1 aromatic rings. The van der Waals surface area contributed by atoms with Gasteiger partial charge in [0, 0.05) is 9.99 Å². The third-order valence-electron chi connectivity index (χ3n) is 2.22. The summed E-state index contributed by atoms with van der Waals surface area (Å²) in [4.78, 5) is 0. The van der Waals surface area contributed by atoms with Crippen LogP contribution in [0.4, 0.5) is 0 Å². The van der Waals surface area contributed by atoms with Crippen LogP contribution in [0, 0.1) is 15.9 Å². The Labute approximate surface area is 98.7 Å². The summed E-state index contributed by atoms with van der Waals surface area (Å²) in [6.07, 6.45) is 6.37. The standard InChI is InChI=1S/C12H13IO/c1-3-4-9-12(2,14)10-5-7-11(13)8-6-10/h1,5-8,14H,4,9H2,2H3. The van der Waals surface area contributed by atoms with Gasteiger partial charge in [0.15, 0.2) is 0 Å². The van der Waals surface area contributed by atoms with E-state index in [4.69, 9.17) is 6.42 Å². The molecule has 0 aromatic heterocycles. The molecule has 0 amide bonds. The van der Waals surface area contributed by atoms with Gasteiger partial charge < -0.3 is 5.11 Å². The van der Waals surface area contributed by atoms with Crippen molar-refractivity contribution in [1.82, 2.24) is 0 Å². The minimum atomic E-state index is -0.809. The topological polar surface area (TPSA) is 20.2 Å². The summed E-state index contributed by atoms with van der Waals surface area (Å²) in [6.45, 7) is 1.80. The van der Waals surface area contributed by atoms with Crippen molar-refractivity contribution in [3.8, 4) is 12.3 Å². The highest BCUT2D eigenvalue weighted by Crippen LogP contribution is 2.26. The minimum Gasteiger partial charge on any atom is -0.385 e. The average molecular weight is 300 g/mol. The van der Waals surface area contributed by atoms with E-state index in [2.05, 4.69) is 28.5 Å². The van der Waals surface area contributed by atoms with E-state index < -0.39 is 5.60 Å². The number of halogens is 1. The van der Waals surface area contributed by atoms with Gasteiger partial charge in [-0.25, -0.2) is 0 Å². The van der Waals surface area contributed by atoms with Gasteiger partial charge in [0.05, 0.1) is 5.60 Å². The van der Waals surface area contributed by atoms with Crippen molar-refractivity contribution in [2.45, 2.75) is 25.4 Å². The number of hydrogen-bond acceptors (Lipinski definition) is 1. The first-order chi connectivity index (χ1) is 6.56. The van der Waals surface area contributed by atoms with Crippen LogP contribution in [0.3, 0.4) is 0 Å². The maximum Gasteiger partial charge on any atom is 0.0877 e. The second-order valence-corrected chi connectivity index (χ2v) is 4.73. The summed E-state index contributed by atoms with van der Waals surface area (Å²) in [6, 6.07) is 7.86. The molecule has 2 heteroatoms. The number of hydrogen-bond donors (Lipinski definition) is 1. The zero-order valence-corrected chi connectivity index (χ0v) is 10.3. The first kappa shape index (κ1) is 11.5. The van der Waals surface area contributed by atoms with Crippen molar-refractivity contribution in [2.75, 3.05) is 0 Å². The van der Waals surface area contributed by atoms with Crippen molar-refractivity contribution >= 4 is 22.6 Å². The number of rotatable bonds is 3. The predicted octanol–water partition coefficient (Wildman–Crippen LogP) is 2.91. The van der Waals surface area contributed by atoms with Crippen LogP contribution in [0.25, 0.3) is 0 Å². The Balaban J connectivity index is 2.82. The molecule has 0 bridgehead atoms. The third-order valence-corrected chi connectivity index (χ3v) is 2.94. The van der Waals surface area contributed by atoms with Crippen LogP contribution in [0.2, 0.25) is 0 Å². The summed E-state index contributed by atoms with van der Waals surface area (Å²) >= 11 is 2.24. The van der Waals surface area contributed by atoms with Crippen molar-refractivity contribution in [1.29, 1.82) is 0 Å². The monoisotopic (exact) mass is 300 g/mol. The van der Waals surface area contributed by atoms with Gasteiger partial charge in [-0.05, 0) is 53.6 Å². The predicted molar refractivity (Wildman–Crippen MR) is 66.8 cm³/mol. The number of terminal acetylenes is 1. The van der Waals surface area contributed by atoms with Gasteiger partial charge in [0.1, 0.15) is 0 Å². The van der Waals surface area contributed by atoms with E-state index in [0.717, 1.165) is 5.56 Å². The maximum atomic E-state index is 10.1. The fourth-order valence-corrected chi connectivity index (χ4v) is 1.63. The summed E-state index contributed by atoms with van der Waals surface area (Å²) in [5, 5.41) is 10.1. The molecular weight excluding hydrogens is 287 g/mol. The molecular formula is C12H13IO. The molecule has 1 N–H and O–H groups in total. The molecule has 0 heterocycles. The zero-order valence-electron chi connectivity index (χ0n) is 8.13. The van der Waals surface area contributed by atoms with E-state index in [1.807, 2.05) is 24.3 Å². The van der Waals surface area contributed by atoms with Crippen LogP contribution in [-0.2, 0) is 5.60 Å². The second-order valence-electron chi connectivity index (χ2n) is 3.48. The molecule has 0 aliphatic rings. The Bertz CT molecular complexity index is 332. The van der Waals surface area contributed by atoms with Crippen LogP contribution < -0.4 is 0 Å². The van der Waals surface area contributed by atoms with Gasteiger partial charge in [0.2, 0.25) is 0 Å². The van der Waals surface area contributed by atoms with Crippen molar-refractivity contribution in [3.05, 3.63) is 33.4 Å². The highest BCUT2D eigenvalue weighted by molar-refractivity contribution is 14.1. The molecule has 0 radical (unpaired) electrons. The molecule has 1 atom stereocenters. The molecule has 74 valence electrons. The lowest BCUT2D eigenvalue weighted by atomic mass is 9.91. The quantitative estimate of drug-likeness (QED) is 0.672. The summed E-state index contributed by atoms with van der Waals surface area (Å²) in [5.74, 6) is 2.54. The summed E-state index contributed by atoms with van der Waals surface area (Å²) in [7, 11) is 0. The van der Waals surface area contributed by atoms with E-state index in [1.165, 1.54) is 3.57 Å². The van der Waals surface area contributed by atoms with E-state index in [0.29, 0.717) is 12.8 Å². The van der Waals surface area contributed by atoms with Crippen molar-refractivity contribution < 1.29 is 5.11 Å². The fourth-order valence-electron chi connectivity index (χ4n) is 1.27. The SMILES string of the molecule is C#CCCC(C)(O)c1ccc(I)cc1. The molecule has 1 rings (SSSR count). The molecule has 0 spiro atoms. The van der Waals surface area contributed by atoms with E-state index in [9.17, 15) is 5.11 Å². The lowest BCUT2D eigenvalue weighted by Crippen LogP contribution is -2.20. The zero-order chi connectivity index (χ0) is 10.6. The van der Waals surface area contributed by atoms with Crippen LogP contribution in [0.15, 0.2) is 24.3 Å². The summed E-state index contributed by atoms with van der Waals surface area (Å²) in [5.41, 5.74) is 0.115. The van der Waals surface area contributed by atoms with Crippen LogP contribution in [0.5, 0.6) is 0 Å². The first-order valence-corrected chi connectivity index (χ1v) is 5.56. The molecule has 0 saturated heterocycles. The normalized spacial score (nSPS) is 14.4. The smallest absolute Gasteiger partial charge is 0.0877 e. The van der Waals surface area contributed by atoms with Crippen molar-refractivity contribution in [3.63, 3.8) is 0 Å². The van der Waals surface area contributed by atoms with E-state index in [-0.39, 0.29) is 0 Å². The Morgan fingerprint density at radius 3 is 2.50 bits per heavy atom. The third kappa shape index (κ3) is 3.00. The Morgan fingerprint density at radius 1 is 1.43 bits per heavy atom. The van der Waals surface area contributed by atoms with Gasteiger partial charge in [0.25, 0.3) is 0 Å². The minimum absolute atomic E-state index is 0.596. The molecule has 0 fully saturated rings. The van der Waals surface area contributed by atoms with Crippen molar-refractivity contribution in [2.24, 2.45) is 0 Å². The Hall–Kier alpha value is -0.530. The Kier molecular flexibility index (Phi) is 3.97. The van der Waals surface area contributed by atoms with Gasteiger partial charge in [-0.1, -0.05) is 12.1 Å². The van der Waals surface area contributed by atoms with Gasteiger partial charge in [-0.2, -0.15) is 0 Å². The van der Waals surface area contributed by atoms with Crippen LogP contribution >= 0.6 is 22.6 Å². The highest BCUT2D eigenvalue weighted by Gasteiger charge is 2.21. The van der Waals surface area contributed by atoms with Gasteiger partial charge in [-0.3, -0.25) is 0 Å². The summed E-state index contributed by atoms with van der Waals surface area (Å²) < 4.78 is 1.17. The molecule has 1 aromatic carbocycles. The Morgan fingerprint density at radius 2 is 2.00 bits per heavy atom. The first-order valence-electron chi connectivity index (χ1n) is 4.48. The number of aliphatic hydroxyl groups is 1. The second kappa shape index (κ2) is 4.81. The van der Waals surface area contributed by atoms with E-state index >= 15 is 0 Å². The lowest BCUT2D eigenvalue weighted by molar-refractivity contribution is 0.0494. The average Bonchev–Trinajstić information content (AvgIpc) is 2.16. The lowest BCUT2D eigenvalue weighted by Gasteiger charge is -2.22. The highest BCUT2D eigenvalue weighted by atomic mass is 127. The molecule has 0 aliphatic carbocycles. The molecule has 1 nitrogen and oxygen atoms in total. The maximum absolute atomic E-state index is 10.1. The molecule has 1 unspecified atom stereocenters. The van der Waals surface area contributed by atoms with E-state index in [1.54, 1.807) is 6.92 Å². The molecule has 14 heavy (non-hydrogen) atoms. The molecule has 0 saturated carbocycles. The molecule has 0 aliphatic heterocycles. The van der Waals surface area contributed by atoms with Crippen LogP contribution in [-0.4, -0.2) is 5.11 Å². The van der Waals surface area contributed by atoms with Gasteiger partial charge in [-0.15, -0.1) is 12.3 Å². The fraction of sp³-hybridized carbons (Fsp3) is 0.333. The largest absolute Gasteiger partial charge is 0.385 e. The van der Waals surface area contributed by atoms with Gasteiger partial charge >= 0.3 is 0 Å². The number of benzene rings is 1.